The SMILES string of the molecule is CCNC1c2ccccc2CCC1CC1CCCC1. The van der Waals surface area contributed by atoms with E-state index in [0.717, 1.165) is 18.4 Å². The molecular weight excluding hydrogens is 230 g/mol. The number of fused-ring (bicyclic) bond motifs is 1. The zero-order valence-electron chi connectivity index (χ0n) is 12.2. The van der Waals surface area contributed by atoms with E-state index >= 15 is 0 Å². The number of hydrogen-bond acceptors (Lipinski definition) is 1. The first-order valence-electron chi connectivity index (χ1n) is 8.19. The van der Waals surface area contributed by atoms with Crippen molar-refractivity contribution in [2.75, 3.05) is 6.54 Å². The van der Waals surface area contributed by atoms with Crippen molar-refractivity contribution in [2.45, 2.75) is 57.9 Å². The fraction of sp³-hybridized carbons (Fsp3) is 0.667. The fourth-order valence-electron chi connectivity index (χ4n) is 4.25. The first kappa shape index (κ1) is 13.2. The minimum absolute atomic E-state index is 0.607. The summed E-state index contributed by atoms with van der Waals surface area (Å²) in [4.78, 5) is 0. The first-order chi connectivity index (χ1) is 9.38. The van der Waals surface area contributed by atoms with Crippen LogP contribution in [0.2, 0.25) is 0 Å². The lowest BCUT2D eigenvalue weighted by molar-refractivity contribution is 0.264. The average Bonchev–Trinajstić information content (AvgIpc) is 2.94. The Morgan fingerprint density at radius 2 is 1.89 bits per heavy atom. The summed E-state index contributed by atoms with van der Waals surface area (Å²) in [7, 11) is 0. The Bertz CT molecular complexity index is 406. The molecule has 0 bridgehead atoms. The Hall–Kier alpha value is -0.820. The molecule has 104 valence electrons. The molecule has 2 unspecified atom stereocenters. The number of hydrogen-bond donors (Lipinski definition) is 1. The van der Waals surface area contributed by atoms with Crippen molar-refractivity contribution < 1.29 is 0 Å². The maximum Gasteiger partial charge on any atom is 0.0351 e. The summed E-state index contributed by atoms with van der Waals surface area (Å²) in [5.74, 6) is 1.87. The Balaban J connectivity index is 1.77. The molecule has 2 atom stereocenters. The molecule has 0 saturated heterocycles. The first-order valence-corrected chi connectivity index (χ1v) is 8.19. The maximum atomic E-state index is 3.76. The highest BCUT2D eigenvalue weighted by atomic mass is 14.9. The second kappa shape index (κ2) is 6.09. The van der Waals surface area contributed by atoms with Crippen LogP contribution >= 0.6 is 0 Å². The van der Waals surface area contributed by atoms with Gasteiger partial charge in [0.1, 0.15) is 0 Å². The van der Waals surface area contributed by atoms with Crippen LogP contribution in [0.1, 0.15) is 62.6 Å². The third-order valence-electron chi connectivity index (χ3n) is 5.18. The highest BCUT2D eigenvalue weighted by Crippen LogP contribution is 2.41. The molecule has 1 fully saturated rings. The Kier molecular flexibility index (Phi) is 4.22. The molecule has 0 amide bonds. The lowest BCUT2D eigenvalue weighted by Gasteiger charge is -2.35. The van der Waals surface area contributed by atoms with Gasteiger partial charge in [-0.15, -0.1) is 0 Å². The summed E-state index contributed by atoms with van der Waals surface area (Å²) in [6.45, 7) is 3.32. The molecule has 1 nitrogen and oxygen atoms in total. The van der Waals surface area contributed by atoms with Crippen LogP contribution in [0, 0.1) is 11.8 Å². The molecule has 0 aliphatic heterocycles. The molecule has 0 spiro atoms. The second-order valence-corrected chi connectivity index (χ2v) is 6.42. The zero-order chi connectivity index (χ0) is 13.1. The van der Waals surface area contributed by atoms with Crippen LogP contribution in [-0.4, -0.2) is 6.54 Å². The van der Waals surface area contributed by atoms with Crippen LogP contribution in [0.4, 0.5) is 0 Å². The minimum atomic E-state index is 0.607. The molecule has 1 aromatic carbocycles. The summed E-state index contributed by atoms with van der Waals surface area (Å²) < 4.78 is 0. The van der Waals surface area contributed by atoms with Gasteiger partial charge in [0.15, 0.2) is 0 Å². The van der Waals surface area contributed by atoms with Gasteiger partial charge in [0.2, 0.25) is 0 Å². The van der Waals surface area contributed by atoms with E-state index in [1.807, 2.05) is 0 Å². The Morgan fingerprint density at radius 3 is 2.68 bits per heavy atom. The van der Waals surface area contributed by atoms with Gasteiger partial charge in [0.25, 0.3) is 0 Å². The standard InChI is InChI=1S/C18H27N/c1-2-19-18-16(13-14-7-3-4-8-14)12-11-15-9-5-6-10-17(15)18/h5-6,9-10,14,16,18-19H,2-4,7-8,11-13H2,1H3. The van der Waals surface area contributed by atoms with Crippen LogP contribution in [0.15, 0.2) is 24.3 Å². The van der Waals surface area contributed by atoms with Crippen molar-refractivity contribution >= 4 is 0 Å². The molecular formula is C18H27N. The molecule has 0 radical (unpaired) electrons. The predicted molar refractivity (Wildman–Crippen MR) is 81.2 cm³/mol. The van der Waals surface area contributed by atoms with Crippen LogP contribution in [0.5, 0.6) is 0 Å². The zero-order valence-corrected chi connectivity index (χ0v) is 12.2. The molecule has 1 aromatic rings. The third-order valence-corrected chi connectivity index (χ3v) is 5.18. The Morgan fingerprint density at radius 1 is 1.11 bits per heavy atom. The van der Waals surface area contributed by atoms with Gasteiger partial charge in [-0.05, 0) is 48.8 Å². The number of benzene rings is 1. The Labute approximate surface area is 117 Å². The van der Waals surface area contributed by atoms with E-state index in [1.54, 1.807) is 11.1 Å². The van der Waals surface area contributed by atoms with Gasteiger partial charge in [0.05, 0.1) is 0 Å². The van der Waals surface area contributed by atoms with Crippen LogP contribution in [-0.2, 0) is 6.42 Å². The predicted octanol–water partition coefficient (Wildman–Crippen LogP) is 4.48. The van der Waals surface area contributed by atoms with Crippen molar-refractivity contribution in [2.24, 2.45) is 11.8 Å². The van der Waals surface area contributed by atoms with Gasteiger partial charge in [-0.1, -0.05) is 56.9 Å². The van der Waals surface area contributed by atoms with Gasteiger partial charge in [-0.25, -0.2) is 0 Å². The summed E-state index contributed by atoms with van der Waals surface area (Å²) in [5, 5.41) is 3.76. The molecule has 19 heavy (non-hydrogen) atoms. The average molecular weight is 257 g/mol. The molecule has 1 saturated carbocycles. The van der Waals surface area contributed by atoms with Gasteiger partial charge in [0, 0.05) is 6.04 Å². The lowest BCUT2D eigenvalue weighted by Crippen LogP contribution is -2.33. The monoisotopic (exact) mass is 257 g/mol. The highest BCUT2D eigenvalue weighted by Gasteiger charge is 2.31. The van der Waals surface area contributed by atoms with Crippen LogP contribution in [0.25, 0.3) is 0 Å². The quantitative estimate of drug-likeness (QED) is 0.838. The molecule has 0 heterocycles. The van der Waals surface area contributed by atoms with E-state index in [9.17, 15) is 0 Å². The van der Waals surface area contributed by atoms with E-state index in [0.29, 0.717) is 6.04 Å². The van der Waals surface area contributed by atoms with Gasteiger partial charge < -0.3 is 5.32 Å². The molecule has 0 aromatic heterocycles. The fourth-order valence-corrected chi connectivity index (χ4v) is 4.25. The van der Waals surface area contributed by atoms with Crippen LogP contribution < -0.4 is 5.32 Å². The van der Waals surface area contributed by atoms with Crippen molar-refractivity contribution in [1.82, 2.24) is 5.32 Å². The van der Waals surface area contributed by atoms with E-state index < -0.39 is 0 Å². The van der Waals surface area contributed by atoms with Crippen molar-refractivity contribution in [3.63, 3.8) is 0 Å². The second-order valence-electron chi connectivity index (χ2n) is 6.42. The minimum Gasteiger partial charge on any atom is -0.310 e. The van der Waals surface area contributed by atoms with Gasteiger partial charge >= 0.3 is 0 Å². The van der Waals surface area contributed by atoms with Gasteiger partial charge in [-0.2, -0.15) is 0 Å². The van der Waals surface area contributed by atoms with E-state index in [-0.39, 0.29) is 0 Å². The number of nitrogens with one attached hydrogen (secondary N) is 1. The summed E-state index contributed by atoms with van der Waals surface area (Å²) in [6, 6.07) is 9.69. The third kappa shape index (κ3) is 2.86. The van der Waals surface area contributed by atoms with Crippen molar-refractivity contribution in [3.8, 4) is 0 Å². The summed E-state index contributed by atoms with van der Waals surface area (Å²) in [5.41, 5.74) is 3.16. The molecule has 3 rings (SSSR count). The number of rotatable bonds is 4. The summed E-state index contributed by atoms with van der Waals surface area (Å²) >= 11 is 0. The van der Waals surface area contributed by atoms with E-state index in [4.69, 9.17) is 0 Å². The largest absolute Gasteiger partial charge is 0.310 e. The molecule has 2 aliphatic rings. The van der Waals surface area contributed by atoms with Gasteiger partial charge in [-0.3, -0.25) is 0 Å². The smallest absolute Gasteiger partial charge is 0.0351 e. The highest BCUT2D eigenvalue weighted by molar-refractivity contribution is 5.33. The molecule has 1 N–H and O–H groups in total. The van der Waals surface area contributed by atoms with E-state index in [2.05, 4.69) is 36.5 Å². The maximum absolute atomic E-state index is 3.76. The van der Waals surface area contributed by atoms with Crippen molar-refractivity contribution in [1.29, 1.82) is 0 Å². The molecule has 2 aliphatic carbocycles. The summed E-state index contributed by atoms with van der Waals surface area (Å²) in [6.07, 6.45) is 10.0. The topological polar surface area (TPSA) is 12.0 Å². The lowest BCUT2D eigenvalue weighted by atomic mass is 9.75. The van der Waals surface area contributed by atoms with E-state index in [1.165, 1.54) is 44.9 Å². The molecule has 1 heteroatoms. The van der Waals surface area contributed by atoms with Crippen LogP contribution in [0.3, 0.4) is 0 Å². The van der Waals surface area contributed by atoms with Crippen molar-refractivity contribution in [3.05, 3.63) is 35.4 Å². The normalized spacial score (nSPS) is 27.4. The number of aryl methyl sites for hydroxylation is 1.